The monoisotopic (exact) mass is 474 g/mol. The molecular formula is C26H19ClN2O5. The van der Waals surface area contributed by atoms with Gasteiger partial charge < -0.3 is 13.9 Å². The number of rotatable bonds is 6. The highest BCUT2D eigenvalue weighted by molar-refractivity contribution is 6.30. The lowest BCUT2D eigenvalue weighted by Crippen LogP contribution is -2.30. The maximum absolute atomic E-state index is 13.6. The summed E-state index contributed by atoms with van der Waals surface area (Å²) in [5.74, 6) is 0.812. The third kappa shape index (κ3) is 3.50. The molecule has 1 aliphatic rings. The van der Waals surface area contributed by atoms with Crippen molar-refractivity contribution in [2.75, 3.05) is 18.6 Å². The first-order valence-corrected chi connectivity index (χ1v) is 10.8. The minimum atomic E-state index is -0.792. The lowest BCUT2D eigenvalue weighted by atomic mass is 9.98. The summed E-state index contributed by atoms with van der Waals surface area (Å²) in [5, 5.41) is 0.817. The van der Waals surface area contributed by atoms with Crippen LogP contribution in [0.1, 0.15) is 27.7 Å². The topological polar surface area (TPSA) is 81.9 Å². The minimum Gasteiger partial charge on any atom is -0.493 e. The molecule has 0 radical (unpaired) electrons. The highest BCUT2D eigenvalue weighted by Gasteiger charge is 2.44. The zero-order chi connectivity index (χ0) is 23.8. The van der Waals surface area contributed by atoms with Crippen LogP contribution in [0.15, 0.2) is 82.7 Å². The number of para-hydroxylation sites is 1. The molecule has 0 fully saturated rings. The van der Waals surface area contributed by atoms with Crippen molar-refractivity contribution in [2.24, 2.45) is 0 Å². The van der Waals surface area contributed by atoms with Crippen LogP contribution in [-0.2, 0) is 0 Å². The van der Waals surface area contributed by atoms with Crippen molar-refractivity contribution in [2.45, 2.75) is 6.04 Å². The zero-order valence-electron chi connectivity index (χ0n) is 18.2. The second-order valence-electron chi connectivity index (χ2n) is 7.59. The summed E-state index contributed by atoms with van der Waals surface area (Å²) < 4.78 is 17.1. The maximum atomic E-state index is 13.6. The summed E-state index contributed by atoms with van der Waals surface area (Å²) in [5.41, 5.74) is 0.934. The molecule has 8 heteroatoms. The fourth-order valence-electron chi connectivity index (χ4n) is 4.10. The van der Waals surface area contributed by atoms with Gasteiger partial charge in [-0.2, -0.15) is 0 Å². The van der Waals surface area contributed by atoms with Gasteiger partial charge in [0, 0.05) is 6.20 Å². The predicted octanol–water partition coefficient (Wildman–Crippen LogP) is 5.16. The number of fused-ring (bicyclic) bond motifs is 2. The van der Waals surface area contributed by atoms with E-state index in [1.165, 1.54) is 18.2 Å². The van der Waals surface area contributed by atoms with Crippen molar-refractivity contribution in [1.82, 2.24) is 4.98 Å². The average Bonchev–Trinajstić information content (AvgIpc) is 3.15. The molecule has 34 heavy (non-hydrogen) atoms. The van der Waals surface area contributed by atoms with E-state index >= 15 is 0 Å². The molecule has 7 nitrogen and oxygen atoms in total. The number of ether oxygens (including phenoxy) is 2. The molecule has 0 bridgehead atoms. The molecule has 0 aliphatic carbocycles. The zero-order valence-corrected chi connectivity index (χ0v) is 18.9. The van der Waals surface area contributed by atoms with E-state index in [4.69, 9.17) is 25.5 Å². The van der Waals surface area contributed by atoms with Gasteiger partial charge in [-0.3, -0.25) is 14.5 Å². The number of hydrogen-bond acceptors (Lipinski definition) is 6. The second kappa shape index (κ2) is 8.68. The Labute approximate surface area is 199 Å². The van der Waals surface area contributed by atoms with E-state index in [2.05, 4.69) is 11.6 Å². The first-order chi connectivity index (χ1) is 16.5. The van der Waals surface area contributed by atoms with E-state index < -0.39 is 11.9 Å². The number of hydrogen-bond donors (Lipinski definition) is 0. The fourth-order valence-corrected chi connectivity index (χ4v) is 4.22. The molecule has 4 aromatic rings. The molecule has 2 aromatic carbocycles. The Balaban J connectivity index is 1.75. The summed E-state index contributed by atoms with van der Waals surface area (Å²) in [6, 6.07) is 14.6. The average molecular weight is 475 g/mol. The van der Waals surface area contributed by atoms with Crippen LogP contribution >= 0.6 is 11.6 Å². The molecule has 1 aliphatic heterocycles. The first-order valence-electron chi connectivity index (χ1n) is 10.5. The number of amides is 1. The van der Waals surface area contributed by atoms with E-state index in [0.717, 1.165) is 0 Å². The Hall–Kier alpha value is -4.10. The largest absolute Gasteiger partial charge is 0.493 e. The van der Waals surface area contributed by atoms with Gasteiger partial charge in [-0.25, -0.2) is 4.98 Å². The third-order valence-corrected chi connectivity index (χ3v) is 5.82. The van der Waals surface area contributed by atoms with Gasteiger partial charge in [0.05, 0.1) is 29.1 Å². The fraction of sp³-hybridized carbons (Fsp3) is 0.115. The summed E-state index contributed by atoms with van der Waals surface area (Å²) in [4.78, 5) is 32.9. The number of carbonyl (C=O) groups is 1. The highest BCUT2D eigenvalue weighted by Crippen LogP contribution is 2.42. The molecule has 0 saturated heterocycles. The van der Waals surface area contributed by atoms with Crippen LogP contribution in [0.25, 0.3) is 11.0 Å². The molecular weight excluding hydrogens is 456 g/mol. The number of aromatic nitrogens is 1. The van der Waals surface area contributed by atoms with Gasteiger partial charge in [0.1, 0.15) is 18.0 Å². The van der Waals surface area contributed by atoms with Crippen molar-refractivity contribution in [1.29, 1.82) is 0 Å². The third-order valence-electron chi connectivity index (χ3n) is 5.60. The molecule has 170 valence electrons. The van der Waals surface area contributed by atoms with Gasteiger partial charge in [-0.1, -0.05) is 42.5 Å². The lowest BCUT2D eigenvalue weighted by molar-refractivity contribution is 0.0970. The van der Waals surface area contributed by atoms with Gasteiger partial charge in [0.2, 0.25) is 5.76 Å². The number of nitrogens with zero attached hydrogens (tertiary/aromatic N) is 2. The van der Waals surface area contributed by atoms with Crippen molar-refractivity contribution in [3.05, 3.63) is 106 Å². The highest BCUT2D eigenvalue weighted by atomic mass is 35.5. The Morgan fingerprint density at radius 2 is 1.97 bits per heavy atom. The van der Waals surface area contributed by atoms with Crippen LogP contribution in [0.4, 0.5) is 5.82 Å². The summed E-state index contributed by atoms with van der Waals surface area (Å²) in [6.45, 7) is 3.96. The van der Waals surface area contributed by atoms with Crippen LogP contribution in [-0.4, -0.2) is 24.6 Å². The Morgan fingerprint density at radius 1 is 1.15 bits per heavy atom. The molecule has 0 spiro atoms. The molecule has 1 atom stereocenters. The summed E-state index contributed by atoms with van der Waals surface area (Å²) >= 11 is 6.02. The van der Waals surface area contributed by atoms with Crippen LogP contribution in [0.5, 0.6) is 11.5 Å². The van der Waals surface area contributed by atoms with Gasteiger partial charge >= 0.3 is 0 Å². The number of halogens is 1. The minimum absolute atomic E-state index is 0.0172. The van der Waals surface area contributed by atoms with Crippen LogP contribution in [0.3, 0.4) is 0 Å². The van der Waals surface area contributed by atoms with Gasteiger partial charge in [0.15, 0.2) is 16.9 Å². The lowest BCUT2D eigenvalue weighted by Gasteiger charge is -2.25. The Bertz CT molecular complexity index is 1480. The predicted molar refractivity (Wildman–Crippen MR) is 129 cm³/mol. The van der Waals surface area contributed by atoms with Crippen molar-refractivity contribution >= 4 is 34.3 Å². The molecule has 5 rings (SSSR count). The van der Waals surface area contributed by atoms with E-state index in [9.17, 15) is 9.59 Å². The van der Waals surface area contributed by atoms with Crippen molar-refractivity contribution in [3.8, 4) is 11.5 Å². The van der Waals surface area contributed by atoms with Gasteiger partial charge in [-0.15, -0.1) is 0 Å². The molecule has 2 aromatic heterocycles. The summed E-state index contributed by atoms with van der Waals surface area (Å²) in [7, 11) is 1.52. The SMILES string of the molecule is C=CCOc1ccc(C2c3c(oc4ccccc4c3=O)C(=O)N2c2ccc(Cl)cn2)cc1OC. The Morgan fingerprint density at radius 3 is 2.71 bits per heavy atom. The number of anilines is 1. The van der Waals surface area contributed by atoms with E-state index in [1.54, 1.807) is 60.7 Å². The standard InChI is InChI=1S/C26H19ClN2O5/c1-3-12-33-19-10-8-15(13-20(19)32-2)23-22-24(30)17-6-4-5-7-18(17)34-25(22)26(31)29(23)21-11-9-16(27)14-28-21/h3-11,13-14,23H,1,12H2,2H3. The molecule has 1 unspecified atom stereocenters. The number of methoxy groups -OCH3 is 1. The van der Waals surface area contributed by atoms with E-state index in [1.807, 2.05) is 0 Å². The van der Waals surface area contributed by atoms with Crippen LogP contribution in [0, 0.1) is 0 Å². The van der Waals surface area contributed by atoms with Crippen LogP contribution < -0.4 is 19.8 Å². The van der Waals surface area contributed by atoms with Crippen LogP contribution in [0.2, 0.25) is 5.02 Å². The molecule has 0 saturated carbocycles. The van der Waals surface area contributed by atoms with Gasteiger partial charge in [-0.05, 0) is 42.0 Å². The summed E-state index contributed by atoms with van der Waals surface area (Å²) in [6.07, 6.45) is 3.08. The first kappa shape index (κ1) is 21.7. The normalized spacial score (nSPS) is 14.8. The molecule has 0 N–H and O–H groups in total. The van der Waals surface area contributed by atoms with E-state index in [0.29, 0.717) is 45.5 Å². The smallest absolute Gasteiger partial charge is 0.296 e. The van der Waals surface area contributed by atoms with Crippen molar-refractivity contribution < 1.29 is 18.7 Å². The van der Waals surface area contributed by atoms with E-state index in [-0.39, 0.29) is 16.8 Å². The second-order valence-corrected chi connectivity index (χ2v) is 8.03. The number of pyridine rings is 1. The number of benzene rings is 2. The Kier molecular flexibility index (Phi) is 5.55. The quantitative estimate of drug-likeness (QED) is 0.359. The number of carbonyl (C=O) groups excluding carboxylic acids is 1. The molecule has 1 amide bonds. The van der Waals surface area contributed by atoms with Gasteiger partial charge in [0.25, 0.3) is 5.91 Å². The maximum Gasteiger partial charge on any atom is 0.296 e. The van der Waals surface area contributed by atoms with Crippen molar-refractivity contribution in [3.63, 3.8) is 0 Å². The molecule has 3 heterocycles.